The minimum atomic E-state index is -4.72. The number of aromatic nitrogens is 2. The SMILES string of the molecule is Cn1cc(C(=O)NCC2CCCCN2C(=O)OC(C)(C)C)c(C(F)(F)F)n1. The van der Waals surface area contributed by atoms with E-state index in [0.29, 0.717) is 13.0 Å². The highest BCUT2D eigenvalue weighted by molar-refractivity contribution is 5.95. The standard InChI is InChI=1S/C17H25F3N4O3/c1-16(2,3)27-15(26)24-8-6-5-7-11(24)9-21-14(25)12-10-23(4)22-13(12)17(18,19)20/h10-11H,5-9H2,1-4H3,(H,21,25). The number of carbonyl (C=O) groups excluding carboxylic acids is 2. The van der Waals surface area contributed by atoms with E-state index in [2.05, 4.69) is 10.4 Å². The van der Waals surface area contributed by atoms with Crippen LogP contribution in [-0.2, 0) is 18.0 Å². The van der Waals surface area contributed by atoms with E-state index >= 15 is 0 Å². The first-order chi connectivity index (χ1) is 12.4. The molecule has 0 aliphatic carbocycles. The van der Waals surface area contributed by atoms with E-state index < -0.39 is 35.0 Å². The number of piperidine rings is 1. The number of ether oxygens (including phenoxy) is 1. The number of hydrogen-bond acceptors (Lipinski definition) is 4. The molecular weight excluding hydrogens is 365 g/mol. The van der Waals surface area contributed by atoms with Gasteiger partial charge in [0.05, 0.1) is 11.6 Å². The average Bonchev–Trinajstić information content (AvgIpc) is 2.93. The monoisotopic (exact) mass is 390 g/mol. The summed E-state index contributed by atoms with van der Waals surface area (Å²) in [6.45, 7) is 5.80. The number of rotatable bonds is 3. The van der Waals surface area contributed by atoms with Gasteiger partial charge in [0.1, 0.15) is 5.60 Å². The smallest absolute Gasteiger partial charge is 0.435 e. The molecule has 152 valence electrons. The summed E-state index contributed by atoms with van der Waals surface area (Å²) in [5.41, 5.74) is -2.42. The van der Waals surface area contributed by atoms with Crippen LogP contribution in [0, 0.1) is 0 Å². The van der Waals surface area contributed by atoms with Crippen LogP contribution in [0.2, 0.25) is 0 Å². The predicted octanol–water partition coefficient (Wildman–Crippen LogP) is 2.96. The number of alkyl halides is 3. The van der Waals surface area contributed by atoms with E-state index in [4.69, 9.17) is 4.74 Å². The Morgan fingerprint density at radius 2 is 1.96 bits per heavy atom. The molecule has 7 nitrogen and oxygen atoms in total. The van der Waals surface area contributed by atoms with E-state index in [-0.39, 0.29) is 12.6 Å². The highest BCUT2D eigenvalue weighted by atomic mass is 19.4. The lowest BCUT2D eigenvalue weighted by atomic mass is 10.0. The Kier molecular flexibility index (Phi) is 6.06. The Labute approximate surface area is 155 Å². The van der Waals surface area contributed by atoms with Crippen molar-refractivity contribution in [1.82, 2.24) is 20.0 Å². The van der Waals surface area contributed by atoms with E-state index in [9.17, 15) is 22.8 Å². The molecule has 1 atom stereocenters. The van der Waals surface area contributed by atoms with Gasteiger partial charge in [0.2, 0.25) is 0 Å². The van der Waals surface area contributed by atoms with E-state index in [0.717, 1.165) is 23.7 Å². The van der Waals surface area contributed by atoms with Crippen LogP contribution in [-0.4, -0.2) is 51.4 Å². The Bertz CT molecular complexity index is 695. The molecule has 0 spiro atoms. The summed E-state index contributed by atoms with van der Waals surface area (Å²) in [5.74, 6) is -0.870. The first-order valence-corrected chi connectivity index (χ1v) is 8.77. The topological polar surface area (TPSA) is 76.5 Å². The predicted molar refractivity (Wildman–Crippen MR) is 91.1 cm³/mol. The summed E-state index contributed by atoms with van der Waals surface area (Å²) < 4.78 is 45.4. The van der Waals surface area contributed by atoms with Crippen LogP contribution in [0.25, 0.3) is 0 Å². The van der Waals surface area contributed by atoms with Gasteiger partial charge in [-0.25, -0.2) is 4.79 Å². The molecule has 1 aliphatic rings. The van der Waals surface area contributed by atoms with Crippen LogP contribution < -0.4 is 5.32 Å². The van der Waals surface area contributed by atoms with Gasteiger partial charge in [-0.05, 0) is 40.0 Å². The van der Waals surface area contributed by atoms with Gasteiger partial charge in [-0.2, -0.15) is 18.3 Å². The molecule has 1 aromatic rings. The number of aryl methyl sites for hydroxylation is 1. The summed E-state index contributed by atoms with van der Waals surface area (Å²) in [6.07, 6.45) is -1.87. The van der Waals surface area contributed by atoms with Crippen LogP contribution >= 0.6 is 0 Å². The number of halogens is 3. The van der Waals surface area contributed by atoms with Crippen molar-refractivity contribution in [1.29, 1.82) is 0 Å². The third kappa shape index (κ3) is 5.61. The molecule has 0 aromatic carbocycles. The molecule has 10 heteroatoms. The highest BCUT2D eigenvalue weighted by Gasteiger charge is 2.39. The summed E-state index contributed by atoms with van der Waals surface area (Å²) in [6, 6.07) is -0.330. The second kappa shape index (κ2) is 7.77. The fraction of sp³-hybridized carbons (Fsp3) is 0.706. The summed E-state index contributed by atoms with van der Waals surface area (Å²) >= 11 is 0. The average molecular weight is 390 g/mol. The molecule has 2 rings (SSSR count). The lowest BCUT2D eigenvalue weighted by molar-refractivity contribution is -0.141. The summed E-state index contributed by atoms with van der Waals surface area (Å²) in [7, 11) is 1.32. The van der Waals surface area contributed by atoms with Crippen LogP contribution in [0.4, 0.5) is 18.0 Å². The minimum Gasteiger partial charge on any atom is -0.444 e. The Morgan fingerprint density at radius 3 is 2.56 bits per heavy atom. The second-order valence-electron chi connectivity index (χ2n) is 7.60. The lowest BCUT2D eigenvalue weighted by Crippen LogP contribution is -2.50. The third-order valence-corrected chi connectivity index (χ3v) is 4.10. The maximum absolute atomic E-state index is 13.0. The van der Waals surface area contributed by atoms with Gasteiger partial charge in [-0.1, -0.05) is 0 Å². The molecule has 0 radical (unpaired) electrons. The molecular formula is C17H25F3N4O3. The number of nitrogens with zero attached hydrogens (tertiary/aromatic N) is 3. The van der Waals surface area contributed by atoms with Crippen molar-refractivity contribution in [2.75, 3.05) is 13.1 Å². The summed E-state index contributed by atoms with van der Waals surface area (Å²) in [5, 5.41) is 5.83. The fourth-order valence-electron chi connectivity index (χ4n) is 2.94. The van der Waals surface area contributed by atoms with Crippen LogP contribution in [0.5, 0.6) is 0 Å². The van der Waals surface area contributed by atoms with Gasteiger partial charge in [0.15, 0.2) is 5.69 Å². The molecule has 1 aromatic heterocycles. The summed E-state index contributed by atoms with van der Waals surface area (Å²) in [4.78, 5) is 26.2. The van der Waals surface area contributed by atoms with Gasteiger partial charge in [-0.15, -0.1) is 0 Å². The number of nitrogens with one attached hydrogen (secondary N) is 1. The molecule has 1 N–H and O–H groups in total. The minimum absolute atomic E-state index is 0.0459. The number of carbonyl (C=O) groups is 2. The van der Waals surface area contributed by atoms with E-state index in [1.807, 2.05) is 0 Å². The number of likely N-dealkylation sites (tertiary alicyclic amines) is 1. The third-order valence-electron chi connectivity index (χ3n) is 4.10. The van der Waals surface area contributed by atoms with Gasteiger partial charge >= 0.3 is 12.3 Å². The number of amides is 2. The first kappa shape index (κ1) is 21.0. The first-order valence-electron chi connectivity index (χ1n) is 8.77. The van der Waals surface area contributed by atoms with Gasteiger partial charge < -0.3 is 15.0 Å². The zero-order valence-corrected chi connectivity index (χ0v) is 15.9. The fourth-order valence-corrected chi connectivity index (χ4v) is 2.94. The van der Waals surface area contributed by atoms with Crippen LogP contribution in [0.15, 0.2) is 6.20 Å². The molecule has 0 bridgehead atoms. The molecule has 27 heavy (non-hydrogen) atoms. The molecule has 2 amide bonds. The van der Waals surface area contributed by atoms with Crippen LogP contribution in [0.3, 0.4) is 0 Å². The van der Waals surface area contributed by atoms with E-state index in [1.54, 1.807) is 20.8 Å². The van der Waals surface area contributed by atoms with Crippen molar-refractivity contribution in [2.24, 2.45) is 7.05 Å². The number of hydrogen-bond donors (Lipinski definition) is 1. The second-order valence-corrected chi connectivity index (χ2v) is 7.60. The molecule has 0 saturated carbocycles. The molecule has 1 saturated heterocycles. The van der Waals surface area contributed by atoms with Crippen molar-refractivity contribution in [2.45, 2.75) is 57.9 Å². The Hall–Kier alpha value is -2.26. The van der Waals surface area contributed by atoms with Crippen molar-refractivity contribution < 1.29 is 27.5 Å². The zero-order chi connectivity index (χ0) is 20.4. The molecule has 1 aliphatic heterocycles. The van der Waals surface area contributed by atoms with Gasteiger partial charge in [0, 0.05) is 26.3 Å². The van der Waals surface area contributed by atoms with Gasteiger partial charge in [0.25, 0.3) is 5.91 Å². The maximum atomic E-state index is 13.0. The molecule has 1 fully saturated rings. The molecule has 2 heterocycles. The quantitative estimate of drug-likeness (QED) is 0.861. The maximum Gasteiger partial charge on any atom is 0.435 e. The lowest BCUT2D eigenvalue weighted by Gasteiger charge is -2.36. The van der Waals surface area contributed by atoms with Crippen LogP contribution in [0.1, 0.15) is 56.1 Å². The van der Waals surface area contributed by atoms with Crippen molar-refractivity contribution >= 4 is 12.0 Å². The normalized spacial score (nSPS) is 18.3. The van der Waals surface area contributed by atoms with Gasteiger partial charge in [-0.3, -0.25) is 9.48 Å². The van der Waals surface area contributed by atoms with Crippen molar-refractivity contribution in [3.8, 4) is 0 Å². The van der Waals surface area contributed by atoms with Crippen molar-refractivity contribution in [3.63, 3.8) is 0 Å². The zero-order valence-electron chi connectivity index (χ0n) is 15.9. The highest BCUT2D eigenvalue weighted by Crippen LogP contribution is 2.30. The Morgan fingerprint density at radius 1 is 1.30 bits per heavy atom. The largest absolute Gasteiger partial charge is 0.444 e. The van der Waals surface area contributed by atoms with Crippen molar-refractivity contribution in [3.05, 3.63) is 17.5 Å². The Balaban J connectivity index is 2.06. The molecule has 1 unspecified atom stereocenters. The van der Waals surface area contributed by atoms with E-state index in [1.165, 1.54) is 11.9 Å².